The maximum absolute atomic E-state index is 13.9. The number of fused-ring (bicyclic) bond motifs is 1. The van der Waals surface area contributed by atoms with Crippen LogP contribution in [0.15, 0.2) is 71.6 Å². The first kappa shape index (κ1) is 22.5. The topological polar surface area (TPSA) is 91.0 Å². The molecule has 0 atom stereocenters. The largest absolute Gasteiger partial charge is 0.337 e. The monoisotopic (exact) mass is 462 g/mol. The van der Waals surface area contributed by atoms with Crippen molar-refractivity contribution in [1.29, 1.82) is 0 Å². The zero-order valence-corrected chi connectivity index (χ0v) is 19.0. The molecule has 168 valence electrons. The van der Waals surface area contributed by atoms with Crippen molar-refractivity contribution in [1.82, 2.24) is 15.3 Å². The maximum atomic E-state index is 13.9. The molecule has 0 saturated carbocycles. The second kappa shape index (κ2) is 10.3. The minimum atomic E-state index is -0.327. The average Bonchev–Trinajstić information content (AvgIpc) is 2.77. The van der Waals surface area contributed by atoms with Crippen LogP contribution in [-0.4, -0.2) is 29.5 Å². The fourth-order valence-electron chi connectivity index (χ4n) is 3.21. The predicted octanol–water partition coefficient (Wildman–Crippen LogP) is 5.10. The molecule has 0 aliphatic carbocycles. The summed E-state index contributed by atoms with van der Waals surface area (Å²) in [5.41, 5.74) is 3.53. The highest BCUT2D eigenvalue weighted by Gasteiger charge is 2.11. The number of hydrogen-bond acceptors (Lipinski definition) is 7. The van der Waals surface area contributed by atoms with Gasteiger partial charge < -0.3 is 20.7 Å². The molecule has 0 spiro atoms. The van der Waals surface area contributed by atoms with Crippen molar-refractivity contribution in [3.8, 4) is 0 Å². The Morgan fingerprint density at radius 3 is 2.42 bits per heavy atom. The van der Waals surface area contributed by atoms with Gasteiger partial charge >= 0.3 is 0 Å². The van der Waals surface area contributed by atoms with Crippen molar-refractivity contribution < 1.29 is 9.18 Å². The number of likely N-dealkylation sites (N-methyl/N-ethyl adjacent to an activating group) is 1. The lowest BCUT2D eigenvalue weighted by Gasteiger charge is -2.14. The van der Waals surface area contributed by atoms with Crippen LogP contribution in [0.5, 0.6) is 0 Å². The number of nitrogens with zero attached hydrogens (tertiary/aromatic N) is 2. The summed E-state index contributed by atoms with van der Waals surface area (Å²) in [7, 11) is 1.72. The van der Waals surface area contributed by atoms with E-state index in [2.05, 4.69) is 25.7 Å². The number of nitrogens with one attached hydrogen (secondary N) is 4. The molecule has 0 aliphatic heterocycles. The van der Waals surface area contributed by atoms with Crippen molar-refractivity contribution in [2.24, 2.45) is 0 Å². The van der Waals surface area contributed by atoms with E-state index in [1.54, 1.807) is 7.05 Å². The number of benzene rings is 3. The van der Waals surface area contributed by atoms with Crippen LogP contribution in [0.25, 0.3) is 11.0 Å². The van der Waals surface area contributed by atoms with Gasteiger partial charge in [0.05, 0.1) is 17.6 Å². The molecular formula is C24H23FN6OS. The van der Waals surface area contributed by atoms with Gasteiger partial charge in [0.1, 0.15) is 5.82 Å². The van der Waals surface area contributed by atoms with Gasteiger partial charge in [-0.25, -0.2) is 14.4 Å². The van der Waals surface area contributed by atoms with Gasteiger partial charge in [0, 0.05) is 16.3 Å². The third-order valence-corrected chi connectivity index (χ3v) is 5.38. The summed E-state index contributed by atoms with van der Waals surface area (Å²) in [6.45, 7) is 2.06. The Bertz CT molecular complexity index is 1280. The van der Waals surface area contributed by atoms with Gasteiger partial charge in [0.2, 0.25) is 5.91 Å². The van der Waals surface area contributed by atoms with Crippen molar-refractivity contribution in [2.75, 3.05) is 28.9 Å². The standard InChI is InChI=1S/C24H23FN6OS/c1-15-10-16(25)12-18(11-15)28-23-24(30-21-9-4-3-8-20(21)29-23)31-33-19-7-5-6-17(13-19)27-22(32)14-26-2/h3-13,26H,14H2,1-2H3,(H,27,32)(H,28,29)(H,30,31). The summed E-state index contributed by atoms with van der Waals surface area (Å²) >= 11 is 1.33. The molecular weight excluding hydrogens is 439 g/mol. The van der Waals surface area contributed by atoms with E-state index in [9.17, 15) is 9.18 Å². The molecule has 4 rings (SSSR count). The summed E-state index contributed by atoms with van der Waals surface area (Å²) < 4.78 is 17.1. The number of halogens is 1. The Morgan fingerprint density at radius 1 is 0.939 bits per heavy atom. The van der Waals surface area contributed by atoms with Crippen molar-refractivity contribution >= 4 is 51.9 Å². The first-order valence-corrected chi connectivity index (χ1v) is 11.1. The van der Waals surface area contributed by atoms with E-state index < -0.39 is 0 Å². The number of anilines is 4. The Balaban J connectivity index is 1.59. The lowest BCUT2D eigenvalue weighted by atomic mass is 10.2. The normalized spacial score (nSPS) is 10.8. The van der Waals surface area contributed by atoms with E-state index in [0.717, 1.165) is 21.5 Å². The number of carbonyl (C=O) groups is 1. The minimum absolute atomic E-state index is 0.120. The molecule has 33 heavy (non-hydrogen) atoms. The third kappa shape index (κ3) is 5.97. The maximum Gasteiger partial charge on any atom is 0.238 e. The number of para-hydroxylation sites is 2. The number of aromatic nitrogens is 2. The van der Waals surface area contributed by atoms with Gasteiger partial charge in [0.25, 0.3) is 0 Å². The van der Waals surface area contributed by atoms with Crippen LogP contribution < -0.4 is 20.7 Å². The highest BCUT2D eigenvalue weighted by atomic mass is 32.2. The fourth-order valence-corrected chi connectivity index (χ4v) is 3.90. The molecule has 3 aromatic carbocycles. The smallest absolute Gasteiger partial charge is 0.238 e. The lowest BCUT2D eigenvalue weighted by Crippen LogP contribution is -2.24. The molecule has 4 N–H and O–H groups in total. The molecule has 4 aromatic rings. The third-order valence-electron chi connectivity index (χ3n) is 4.60. The zero-order valence-electron chi connectivity index (χ0n) is 18.1. The van der Waals surface area contributed by atoms with Gasteiger partial charge in [-0.05, 0) is 80.0 Å². The first-order valence-electron chi connectivity index (χ1n) is 10.3. The van der Waals surface area contributed by atoms with Crippen LogP contribution in [0.2, 0.25) is 0 Å². The number of rotatable bonds is 8. The predicted molar refractivity (Wildman–Crippen MR) is 132 cm³/mol. The molecule has 1 aromatic heterocycles. The molecule has 0 radical (unpaired) electrons. The number of amides is 1. The highest BCUT2D eigenvalue weighted by Crippen LogP contribution is 2.30. The summed E-state index contributed by atoms with van der Waals surface area (Å²) in [5.74, 6) is 0.534. The molecule has 0 aliphatic rings. The van der Waals surface area contributed by atoms with Crippen molar-refractivity contribution in [3.63, 3.8) is 0 Å². The van der Waals surface area contributed by atoms with E-state index in [1.165, 1.54) is 24.1 Å². The minimum Gasteiger partial charge on any atom is -0.337 e. The summed E-state index contributed by atoms with van der Waals surface area (Å²) in [6.07, 6.45) is 0. The first-order chi connectivity index (χ1) is 16.0. The van der Waals surface area contributed by atoms with Gasteiger partial charge in [-0.2, -0.15) is 0 Å². The zero-order chi connectivity index (χ0) is 23.2. The summed E-state index contributed by atoms with van der Waals surface area (Å²) in [5, 5.41) is 8.84. The van der Waals surface area contributed by atoms with E-state index in [-0.39, 0.29) is 18.3 Å². The molecule has 1 heterocycles. The summed E-state index contributed by atoms with van der Waals surface area (Å²) in [6, 6.07) is 19.7. The van der Waals surface area contributed by atoms with Gasteiger partial charge in [-0.1, -0.05) is 18.2 Å². The van der Waals surface area contributed by atoms with Crippen LogP contribution in [-0.2, 0) is 4.79 Å². The van der Waals surface area contributed by atoms with Crippen molar-refractivity contribution in [3.05, 3.63) is 78.1 Å². The quantitative estimate of drug-likeness (QED) is 0.271. The fraction of sp³-hybridized carbons (Fsp3) is 0.125. The number of aryl methyl sites for hydroxylation is 1. The summed E-state index contributed by atoms with van der Waals surface area (Å²) in [4.78, 5) is 22.1. The van der Waals surface area contributed by atoms with Gasteiger partial charge in [-0.3, -0.25) is 4.79 Å². The van der Waals surface area contributed by atoms with E-state index in [0.29, 0.717) is 23.0 Å². The second-order valence-corrected chi connectivity index (χ2v) is 8.24. The average molecular weight is 463 g/mol. The van der Waals surface area contributed by atoms with E-state index >= 15 is 0 Å². The SMILES string of the molecule is CNCC(=O)Nc1cccc(SNc2nc3ccccc3nc2Nc2cc(C)cc(F)c2)c1. The Kier molecular flexibility index (Phi) is 7.01. The molecule has 0 bridgehead atoms. The molecule has 9 heteroatoms. The Labute approximate surface area is 195 Å². The number of hydrogen-bond donors (Lipinski definition) is 4. The van der Waals surface area contributed by atoms with Crippen molar-refractivity contribution in [2.45, 2.75) is 11.8 Å². The van der Waals surface area contributed by atoms with Gasteiger partial charge in [-0.15, -0.1) is 0 Å². The molecule has 0 saturated heterocycles. The van der Waals surface area contributed by atoms with E-state index in [4.69, 9.17) is 4.98 Å². The Hall–Kier alpha value is -3.69. The van der Waals surface area contributed by atoms with Crippen LogP contribution in [0.4, 0.5) is 27.4 Å². The van der Waals surface area contributed by atoms with E-state index in [1.807, 2.05) is 61.5 Å². The molecule has 7 nitrogen and oxygen atoms in total. The molecule has 0 unspecified atom stereocenters. The number of carbonyl (C=O) groups excluding carboxylic acids is 1. The Morgan fingerprint density at radius 2 is 1.70 bits per heavy atom. The van der Waals surface area contributed by atoms with Crippen LogP contribution >= 0.6 is 11.9 Å². The van der Waals surface area contributed by atoms with Crippen LogP contribution in [0.1, 0.15) is 5.56 Å². The lowest BCUT2D eigenvalue weighted by molar-refractivity contribution is -0.115. The highest BCUT2D eigenvalue weighted by molar-refractivity contribution is 8.00. The van der Waals surface area contributed by atoms with Crippen LogP contribution in [0.3, 0.4) is 0 Å². The van der Waals surface area contributed by atoms with Crippen LogP contribution in [0, 0.1) is 12.7 Å². The molecule has 1 amide bonds. The second-order valence-electron chi connectivity index (χ2n) is 7.36. The molecule has 0 fully saturated rings. The van der Waals surface area contributed by atoms with Gasteiger partial charge in [0.15, 0.2) is 11.6 Å².